The van der Waals surface area contributed by atoms with E-state index >= 15 is 0 Å². The smallest absolute Gasteiger partial charge is 0.133 e. The van der Waals surface area contributed by atoms with Crippen LogP contribution in [0.2, 0.25) is 0 Å². The molecule has 0 bridgehead atoms. The Bertz CT molecular complexity index is 389. The van der Waals surface area contributed by atoms with Crippen LogP contribution < -0.4 is 0 Å². The maximum Gasteiger partial charge on any atom is 0.133 e. The van der Waals surface area contributed by atoms with E-state index in [9.17, 15) is 4.39 Å². The summed E-state index contributed by atoms with van der Waals surface area (Å²) in [6, 6.07) is 8.61. The molecule has 0 saturated carbocycles. The molecule has 1 aromatic carbocycles. The largest absolute Gasteiger partial charge is 0.361 e. The summed E-state index contributed by atoms with van der Waals surface area (Å²) < 4.78 is 14.1. The van der Waals surface area contributed by atoms with Crippen LogP contribution in [-0.4, -0.2) is 4.98 Å². The van der Waals surface area contributed by atoms with E-state index in [2.05, 4.69) is 20.9 Å². The zero-order chi connectivity index (χ0) is 9.26. The fraction of sp³-hybridized carbons (Fsp3) is 0. The van der Waals surface area contributed by atoms with E-state index in [1.54, 1.807) is 12.3 Å². The fourth-order valence-electron chi connectivity index (χ4n) is 1.24. The average molecular weight is 240 g/mol. The highest BCUT2D eigenvalue weighted by Gasteiger charge is 2.08. The van der Waals surface area contributed by atoms with Gasteiger partial charge in [-0.2, -0.15) is 0 Å². The van der Waals surface area contributed by atoms with E-state index in [1.165, 1.54) is 6.07 Å². The highest BCUT2D eigenvalue weighted by atomic mass is 79.9. The number of hydrogen-bond acceptors (Lipinski definition) is 0. The van der Waals surface area contributed by atoms with Crippen LogP contribution in [0.4, 0.5) is 4.39 Å². The summed E-state index contributed by atoms with van der Waals surface area (Å²) in [5, 5.41) is 0. The fourth-order valence-corrected chi connectivity index (χ4v) is 1.80. The van der Waals surface area contributed by atoms with Gasteiger partial charge in [0.25, 0.3) is 0 Å². The minimum atomic E-state index is -0.225. The van der Waals surface area contributed by atoms with E-state index in [1.807, 2.05) is 18.2 Å². The first-order valence-corrected chi connectivity index (χ1v) is 4.66. The first kappa shape index (κ1) is 8.51. The summed E-state index contributed by atoms with van der Waals surface area (Å²) in [5.41, 5.74) is 1.36. The summed E-state index contributed by atoms with van der Waals surface area (Å²) in [6.07, 6.45) is 1.77. The van der Waals surface area contributed by atoms with Crippen molar-refractivity contribution >= 4 is 15.9 Å². The summed E-state index contributed by atoms with van der Waals surface area (Å²) in [6.45, 7) is 0. The minimum absolute atomic E-state index is 0.225. The molecule has 3 heteroatoms. The molecular weight excluding hydrogens is 233 g/mol. The van der Waals surface area contributed by atoms with Gasteiger partial charge in [-0.25, -0.2) is 4.39 Å². The molecule has 13 heavy (non-hydrogen) atoms. The Hall–Kier alpha value is -1.09. The first-order valence-electron chi connectivity index (χ1n) is 3.87. The average Bonchev–Trinajstić information content (AvgIpc) is 2.57. The molecule has 1 aromatic heterocycles. The third-order valence-electron chi connectivity index (χ3n) is 1.83. The van der Waals surface area contributed by atoms with Crippen LogP contribution in [0.15, 0.2) is 41.0 Å². The molecule has 0 aliphatic rings. The third kappa shape index (κ3) is 1.52. The van der Waals surface area contributed by atoms with Crippen molar-refractivity contribution in [3.8, 4) is 11.3 Å². The lowest BCUT2D eigenvalue weighted by Crippen LogP contribution is -1.85. The molecule has 0 fully saturated rings. The number of benzene rings is 1. The Balaban J connectivity index is 2.64. The molecule has 1 heterocycles. The van der Waals surface area contributed by atoms with Crippen LogP contribution in [0.5, 0.6) is 0 Å². The minimum Gasteiger partial charge on any atom is -0.361 e. The van der Waals surface area contributed by atoms with Gasteiger partial charge < -0.3 is 4.98 Å². The second kappa shape index (κ2) is 3.34. The molecule has 2 rings (SSSR count). The van der Waals surface area contributed by atoms with E-state index < -0.39 is 0 Å². The van der Waals surface area contributed by atoms with Crippen LogP contribution in [0.1, 0.15) is 0 Å². The third-order valence-corrected chi connectivity index (χ3v) is 2.49. The zero-order valence-electron chi connectivity index (χ0n) is 6.72. The normalized spacial score (nSPS) is 10.3. The summed E-state index contributed by atoms with van der Waals surface area (Å²) in [4.78, 5) is 2.97. The Labute approximate surface area is 83.7 Å². The van der Waals surface area contributed by atoms with E-state index in [-0.39, 0.29) is 5.82 Å². The highest BCUT2D eigenvalue weighted by Crippen LogP contribution is 2.29. The van der Waals surface area contributed by atoms with Crippen molar-refractivity contribution in [2.75, 3.05) is 0 Å². The molecule has 0 atom stereocenters. The number of rotatable bonds is 1. The zero-order valence-corrected chi connectivity index (χ0v) is 8.31. The second-order valence-electron chi connectivity index (χ2n) is 2.68. The van der Waals surface area contributed by atoms with Crippen molar-refractivity contribution in [3.05, 3.63) is 46.8 Å². The number of halogens is 2. The number of nitrogens with one attached hydrogen (secondary N) is 1. The predicted molar refractivity (Wildman–Crippen MR) is 53.9 cm³/mol. The Morgan fingerprint density at radius 3 is 2.62 bits per heavy atom. The predicted octanol–water partition coefficient (Wildman–Crippen LogP) is 3.58. The lowest BCUT2D eigenvalue weighted by atomic mass is 10.1. The molecule has 1 nitrogen and oxygen atoms in total. The van der Waals surface area contributed by atoms with Crippen molar-refractivity contribution in [1.82, 2.24) is 4.98 Å². The van der Waals surface area contributed by atoms with E-state index in [4.69, 9.17) is 0 Å². The summed E-state index contributed by atoms with van der Waals surface area (Å²) in [5.74, 6) is -0.225. The van der Waals surface area contributed by atoms with Crippen molar-refractivity contribution in [2.24, 2.45) is 0 Å². The van der Waals surface area contributed by atoms with Gasteiger partial charge in [-0.1, -0.05) is 6.07 Å². The van der Waals surface area contributed by atoms with Crippen molar-refractivity contribution < 1.29 is 4.39 Å². The monoisotopic (exact) mass is 239 g/mol. The Kier molecular flexibility index (Phi) is 2.19. The summed E-state index contributed by atoms with van der Waals surface area (Å²) in [7, 11) is 0. The van der Waals surface area contributed by atoms with Gasteiger partial charge in [-0.3, -0.25) is 0 Å². The Morgan fingerprint density at radius 2 is 2.00 bits per heavy atom. The second-order valence-corrected chi connectivity index (χ2v) is 3.53. The molecule has 0 spiro atoms. The number of aromatic amines is 1. The number of H-pyrrole nitrogens is 1. The van der Waals surface area contributed by atoms with Crippen molar-refractivity contribution in [2.45, 2.75) is 0 Å². The van der Waals surface area contributed by atoms with Crippen molar-refractivity contribution in [1.29, 1.82) is 0 Å². The van der Waals surface area contributed by atoms with Gasteiger partial charge in [0.05, 0.1) is 0 Å². The van der Waals surface area contributed by atoms with Crippen LogP contribution in [0.25, 0.3) is 11.3 Å². The topological polar surface area (TPSA) is 15.8 Å². The van der Waals surface area contributed by atoms with Gasteiger partial charge in [0, 0.05) is 21.9 Å². The van der Waals surface area contributed by atoms with E-state index in [0.29, 0.717) is 5.56 Å². The van der Waals surface area contributed by atoms with Crippen molar-refractivity contribution in [3.63, 3.8) is 0 Å². The quantitative estimate of drug-likeness (QED) is 0.784. The van der Waals surface area contributed by atoms with Crippen LogP contribution in [0, 0.1) is 5.82 Å². The first-order chi connectivity index (χ1) is 6.29. The highest BCUT2D eigenvalue weighted by molar-refractivity contribution is 9.10. The van der Waals surface area contributed by atoms with Gasteiger partial charge in [0.15, 0.2) is 0 Å². The molecule has 0 radical (unpaired) electrons. The van der Waals surface area contributed by atoms with Crippen LogP contribution >= 0.6 is 15.9 Å². The van der Waals surface area contributed by atoms with E-state index in [0.717, 1.165) is 10.2 Å². The van der Waals surface area contributed by atoms with Crippen LogP contribution in [-0.2, 0) is 0 Å². The van der Waals surface area contributed by atoms with Gasteiger partial charge in [0.2, 0.25) is 0 Å². The molecular formula is C10H7BrFN. The molecule has 0 saturated heterocycles. The number of hydrogen-bond donors (Lipinski definition) is 1. The van der Waals surface area contributed by atoms with Gasteiger partial charge >= 0.3 is 0 Å². The van der Waals surface area contributed by atoms with Gasteiger partial charge in [0.1, 0.15) is 5.82 Å². The van der Waals surface area contributed by atoms with Gasteiger partial charge in [-0.15, -0.1) is 0 Å². The summed E-state index contributed by atoms with van der Waals surface area (Å²) >= 11 is 3.31. The van der Waals surface area contributed by atoms with Gasteiger partial charge in [-0.05, 0) is 40.2 Å². The molecule has 0 unspecified atom stereocenters. The maximum absolute atomic E-state index is 13.4. The maximum atomic E-state index is 13.4. The SMILES string of the molecule is Fc1cccc(Br)c1-c1ccc[nH]1. The molecule has 1 N–H and O–H groups in total. The lowest BCUT2D eigenvalue weighted by Gasteiger charge is -2.02. The standard InChI is InChI=1S/C10H7BrFN/c11-7-3-1-4-8(12)10(7)9-5-2-6-13-9/h1-6,13H. The van der Waals surface area contributed by atoms with Crippen LogP contribution in [0.3, 0.4) is 0 Å². The lowest BCUT2D eigenvalue weighted by molar-refractivity contribution is 0.630. The molecule has 2 aromatic rings. The molecule has 0 aliphatic carbocycles. The molecule has 66 valence electrons. The number of aromatic nitrogens is 1. The molecule has 0 amide bonds. The molecule has 0 aliphatic heterocycles. The Morgan fingerprint density at radius 1 is 1.15 bits per heavy atom.